The number of benzene rings is 2. The van der Waals surface area contributed by atoms with Gasteiger partial charge in [-0.25, -0.2) is 17.9 Å². The Balaban J connectivity index is 1.30. The molecule has 14 heteroatoms. The zero-order valence-corrected chi connectivity index (χ0v) is 34.8. The number of halogens is 3. The molecule has 1 aliphatic carbocycles. The minimum absolute atomic E-state index is 0.120. The number of hydrogen-bond acceptors (Lipinski definition) is 8. The molecule has 0 saturated carbocycles. The molecule has 2 aromatic rings. The zero-order chi connectivity index (χ0) is 37.9. The molecule has 5 atom stereocenters. The van der Waals surface area contributed by atoms with Crippen molar-refractivity contribution in [2.75, 3.05) is 77.6 Å². The molecule has 10 nitrogen and oxygen atoms in total. The van der Waals surface area contributed by atoms with E-state index in [0.29, 0.717) is 46.0 Å². The number of amides is 1. The molecule has 2 N–H and O–H groups in total. The van der Waals surface area contributed by atoms with Crippen LogP contribution in [0.5, 0.6) is 5.75 Å². The van der Waals surface area contributed by atoms with Crippen LogP contribution in [-0.4, -0.2) is 119 Å². The number of carbonyl (C=O) groups is 1. The molecular formula is C39H54ClFIN5O5S. The summed E-state index contributed by atoms with van der Waals surface area (Å²) in [5.41, 5.74) is 3.28. The van der Waals surface area contributed by atoms with Crippen molar-refractivity contribution in [3.8, 4) is 5.75 Å². The van der Waals surface area contributed by atoms with Crippen LogP contribution in [0.1, 0.15) is 57.1 Å². The molecule has 53 heavy (non-hydrogen) atoms. The maximum Gasteiger partial charge on any atom is 0.246 e. The second kappa shape index (κ2) is 17.4. The number of allylic oxidation sites excluding steroid dienone is 1. The van der Waals surface area contributed by atoms with Crippen LogP contribution in [0.4, 0.5) is 10.1 Å². The second-order valence-corrected chi connectivity index (χ2v) is 19.1. The van der Waals surface area contributed by atoms with Crippen molar-refractivity contribution < 1.29 is 27.1 Å². The summed E-state index contributed by atoms with van der Waals surface area (Å²) in [4.78, 5) is 22.8. The molecule has 1 amide bonds. The molecule has 0 radical (unpaired) electrons. The number of hydrogen-bond donors (Lipinski definition) is 1. The Kier molecular flexibility index (Phi) is 13.4. The van der Waals surface area contributed by atoms with Gasteiger partial charge in [0.15, 0.2) is 0 Å². The van der Waals surface area contributed by atoms with Gasteiger partial charge in [0, 0.05) is 66.4 Å². The fourth-order valence-corrected chi connectivity index (χ4v) is 9.94. The van der Waals surface area contributed by atoms with Crippen LogP contribution in [0, 0.1) is 9.49 Å². The number of rotatable bonds is 12. The summed E-state index contributed by atoms with van der Waals surface area (Å²) in [7, 11) is -2.05. The lowest BCUT2D eigenvalue weighted by Crippen LogP contribution is -2.54. The topological polar surface area (TPSA) is 109 Å². The van der Waals surface area contributed by atoms with Crippen LogP contribution in [0.15, 0.2) is 48.3 Å². The average molecular weight is 886 g/mol. The Labute approximate surface area is 333 Å². The highest BCUT2D eigenvalue weighted by atomic mass is 127. The summed E-state index contributed by atoms with van der Waals surface area (Å²) in [5, 5.41) is 5.32. The van der Waals surface area contributed by atoms with Crippen molar-refractivity contribution in [1.82, 2.24) is 14.7 Å². The van der Waals surface area contributed by atoms with E-state index in [1.165, 1.54) is 17.2 Å². The van der Waals surface area contributed by atoms with Gasteiger partial charge >= 0.3 is 0 Å². The first kappa shape index (κ1) is 40.6. The van der Waals surface area contributed by atoms with Gasteiger partial charge in [0.25, 0.3) is 0 Å². The summed E-state index contributed by atoms with van der Waals surface area (Å²) in [6, 6.07) is 11.3. The molecule has 0 bridgehead atoms. The van der Waals surface area contributed by atoms with Gasteiger partial charge in [-0.1, -0.05) is 30.7 Å². The maximum absolute atomic E-state index is 16.8. The van der Waals surface area contributed by atoms with E-state index < -0.39 is 33.1 Å². The van der Waals surface area contributed by atoms with E-state index in [1.54, 1.807) is 25.8 Å². The SMILES string of the molecule is C[C@H]([C@@H](C)C/C=C(\F)C(C(=O)N(C)CCN1CCOCC1)N1CCC[C@H]1CN1C[C@@]2(CCCc3cc(Cl)ccc32)COc2ccc(I)cc21)S(N)(=O)=O. The Hall–Kier alpha value is -2.01. The number of fused-ring (bicyclic) bond motifs is 3. The summed E-state index contributed by atoms with van der Waals surface area (Å²) in [6.07, 6.45) is 6.17. The van der Waals surface area contributed by atoms with Crippen LogP contribution < -0.4 is 14.8 Å². The standard InChI is InChI=1S/C39H54ClFIN5O5S/c1-27(28(2)53(43,49)50)8-12-34(41)37(38(48)44(3)16-17-45-18-20-51-21-19-45)47-15-5-7-32(47)24-46-25-39(26-52-36-13-10-31(42)23-35(36)46)14-4-6-29-22-30(40)9-11-33(29)39/h9-13,22-23,27-28,32,37H,4-8,14-21,24-26H2,1-3H3,(H2,43,49,50)/b34-12-/t27-,28+,32-,37?,39-/m0/s1. The van der Waals surface area contributed by atoms with Crippen LogP contribution in [0.25, 0.3) is 0 Å². The highest BCUT2D eigenvalue weighted by Crippen LogP contribution is 2.45. The number of carbonyl (C=O) groups excluding carboxylic acids is 1. The van der Waals surface area contributed by atoms with E-state index in [4.69, 9.17) is 26.2 Å². The lowest BCUT2D eigenvalue weighted by atomic mass is 9.70. The lowest BCUT2D eigenvalue weighted by Gasteiger charge is -2.42. The average Bonchev–Trinajstić information content (AvgIpc) is 3.52. The zero-order valence-electron chi connectivity index (χ0n) is 31.1. The molecule has 3 heterocycles. The first-order valence-electron chi connectivity index (χ1n) is 18.9. The Morgan fingerprint density at radius 3 is 2.70 bits per heavy atom. The molecule has 6 rings (SSSR count). The van der Waals surface area contributed by atoms with Gasteiger partial charge < -0.3 is 19.3 Å². The van der Waals surface area contributed by atoms with Gasteiger partial charge in [0.1, 0.15) is 17.6 Å². The van der Waals surface area contributed by atoms with Gasteiger partial charge in [-0.05, 0) is 122 Å². The normalized spacial score (nSPS) is 24.5. The maximum atomic E-state index is 16.8. The van der Waals surface area contributed by atoms with Gasteiger partial charge in [-0.2, -0.15) is 0 Å². The van der Waals surface area contributed by atoms with Gasteiger partial charge in [0.2, 0.25) is 15.9 Å². The molecule has 1 unspecified atom stereocenters. The monoisotopic (exact) mass is 885 g/mol. The second-order valence-electron chi connectivity index (χ2n) is 15.5. The molecule has 4 aliphatic rings. The Morgan fingerprint density at radius 1 is 1.17 bits per heavy atom. The summed E-state index contributed by atoms with van der Waals surface area (Å²) >= 11 is 8.81. The number of ether oxygens (including phenoxy) is 2. The fourth-order valence-electron chi connectivity index (χ4n) is 8.51. The van der Waals surface area contributed by atoms with Gasteiger partial charge in [0.05, 0.1) is 30.8 Å². The number of anilines is 1. The van der Waals surface area contributed by atoms with E-state index in [9.17, 15) is 13.2 Å². The van der Waals surface area contributed by atoms with Crippen molar-refractivity contribution in [3.63, 3.8) is 0 Å². The molecule has 2 saturated heterocycles. The van der Waals surface area contributed by atoms with Crippen LogP contribution in [0.2, 0.25) is 5.02 Å². The fraction of sp³-hybridized carbons (Fsp3) is 0.615. The predicted molar refractivity (Wildman–Crippen MR) is 217 cm³/mol. The van der Waals surface area contributed by atoms with Crippen LogP contribution >= 0.6 is 34.2 Å². The largest absolute Gasteiger partial charge is 0.490 e. The first-order chi connectivity index (χ1) is 25.3. The number of primary sulfonamides is 1. The number of aryl methyl sites for hydroxylation is 1. The Morgan fingerprint density at radius 2 is 1.94 bits per heavy atom. The van der Waals surface area contributed by atoms with Crippen molar-refractivity contribution in [3.05, 3.63) is 68.0 Å². The molecule has 0 aromatic heterocycles. The van der Waals surface area contributed by atoms with E-state index in [-0.39, 0.29) is 23.8 Å². The van der Waals surface area contributed by atoms with Gasteiger partial charge in [-0.3, -0.25) is 14.6 Å². The molecule has 3 aliphatic heterocycles. The summed E-state index contributed by atoms with van der Waals surface area (Å²) < 4.78 is 54.2. The third kappa shape index (κ3) is 9.52. The molecule has 2 fully saturated rings. The third-order valence-corrected chi connectivity index (χ3v) is 14.3. The summed E-state index contributed by atoms with van der Waals surface area (Å²) in [5.74, 6) is -0.445. The minimum atomic E-state index is -3.80. The molecule has 1 spiro atoms. The summed E-state index contributed by atoms with van der Waals surface area (Å²) in [6.45, 7) is 9.76. The number of morpholine rings is 1. The highest BCUT2D eigenvalue weighted by Gasteiger charge is 2.44. The number of likely N-dealkylation sites (tertiary alicyclic amines) is 1. The van der Waals surface area contributed by atoms with Crippen LogP contribution in [0.3, 0.4) is 0 Å². The Bertz CT molecular complexity index is 1760. The number of sulfonamides is 1. The van der Waals surface area contributed by atoms with Crippen molar-refractivity contribution in [2.45, 2.75) is 75.1 Å². The third-order valence-electron chi connectivity index (χ3n) is 11.9. The predicted octanol–water partition coefficient (Wildman–Crippen LogP) is 5.60. The van der Waals surface area contributed by atoms with Crippen molar-refractivity contribution in [2.24, 2.45) is 11.1 Å². The van der Waals surface area contributed by atoms with E-state index in [0.717, 1.165) is 71.8 Å². The number of nitrogens with two attached hydrogens (primary N) is 1. The van der Waals surface area contributed by atoms with Crippen molar-refractivity contribution in [1.29, 1.82) is 0 Å². The highest BCUT2D eigenvalue weighted by molar-refractivity contribution is 14.1. The number of likely N-dealkylation sites (N-methyl/N-ethyl adjacent to an activating group) is 1. The molecular weight excluding hydrogens is 832 g/mol. The van der Waals surface area contributed by atoms with Gasteiger partial charge in [-0.15, -0.1) is 0 Å². The number of nitrogens with zero attached hydrogens (tertiary/aromatic N) is 4. The van der Waals surface area contributed by atoms with E-state index in [2.05, 4.69) is 56.7 Å². The van der Waals surface area contributed by atoms with Crippen LogP contribution in [-0.2, 0) is 31.4 Å². The first-order valence-corrected chi connectivity index (χ1v) is 22.0. The quantitative estimate of drug-likeness (QED) is 0.275. The minimum Gasteiger partial charge on any atom is -0.490 e. The van der Waals surface area contributed by atoms with E-state index in [1.807, 2.05) is 17.0 Å². The molecule has 292 valence electrons. The van der Waals surface area contributed by atoms with E-state index >= 15 is 4.39 Å². The molecule has 2 aromatic carbocycles. The lowest BCUT2D eigenvalue weighted by molar-refractivity contribution is -0.135. The smallest absolute Gasteiger partial charge is 0.246 e. The van der Waals surface area contributed by atoms with Crippen molar-refractivity contribution >= 4 is 55.8 Å².